The molecule has 1 aromatic carbocycles. The SMILES string of the molecule is O=C(O)C1CC(O)CN1c1ccc2ccccc2n1. The molecule has 5 nitrogen and oxygen atoms in total. The minimum Gasteiger partial charge on any atom is -0.480 e. The van der Waals surface area contributed by atoms with E-state index in [1.54, 1.807) is 11.0 Å². The molecule has 1 aromatic heterocycles. The van der Waals surface area contributed by atoms with Crippen molar-refractivity contribution < 1.29 is 15.0 Å². The molecule has 2 N–H and O–H groups in total. The molecular weight excluding hydrogens is 244 g/mol. The number of carboxylic acid groups (broad SMARTS) is 1. The third kappa shape index (κ3) is 2.13. The molecule has 2 atom stereocenters. The lowest BCUT2D eigenvalue weighted by Gasteiger charge is -2.22. The molecule has 98 valence electrons. The number of rotatable bonds is 2. The van der Waals surface area contributed by atoms with Gasteiger partial charge in [-0.15, -0.1) is 0 Å². The second-order valence-corrected chi connectivity index (χ2v) is 4.76. The van der Waals surface area contributed by atoms with Gasteiger partial charge in [-0.05, 0) is 18.2 Å². The Hall–Kier alpha value is -2.14. The monoisotopic (exact) mass is 258 g/mol. The van der Waals surface area contributed by atoms with Crippen molar-refractivity contribution in [3.05, 3.63) is 36.4 Å². The average Bonchev–Trinajstić information content (AvgIpc) is 2.80. The van der Waals surface area contributed by atoms with Gasteiger partial charge in [-0.2, -0.15) is 0 Å². The first-order valence-electron chi connectivity index (χ1n) is 6.18. The highest BCUT2D eigenvalue weighted by atomic mass is 16.4. The van der Waals surface area contributed by atoms with E-state index in [1.165, 1.54) is 0 Å². The van der Waals surface area contributed by atoms with Crippen LogP contribution < -0.4 is 4.90 Å². The van der Waals surface area contributed by atoms with Gasteiger partial charge >= 0.3 is 5.97 Å². The van der Waals surface area contributed by atoms with E-state index >= 15 is 0 Å². The van der Waals surface area contributed by atoms with Crippen LogP contribution in [0.5, 0.6) is 0 Å². The second-order valence-electron chi connectivity index (χ2n) is 4.76. The Morgan fingerprint density at radius 2 is 2.05 bits per heavy atom. The third-order valence-corrected chi connectivity index (χ3v) is 3.44. The van der Waals surface area contributed by atoms with Crippen LogP contribution in [-0.2, 0) is 4.79 Å². The number of carboxylic acids is 1. The number of fused-ring (bicyclic) bond motifs is 1. The summed E-state index contributed by atoms with van der Waals surface area (Å²) in [6, 6.07) is 10.7. The molecule has 3 rings (SSSR count). The van der Waals surface area contributed by atoms with Crippen LogP contribution in [0.4, 0.5) is 5.82 Å². The first kappa shape index (κ1) is 11.9. The van der Waals surface area contributed by atoms with Crippen molar-refractivity contribution in [3.8, 4) is 0 Å². The summed E-state index contributed by atoms with van der Waals surface area (Å²) in [5.41, 5.74) is 0.825. The Kier molecular flexibility index (Phi) is 2.83. The van der Waals surface area contributed by atoms with E-state index in [1.807, 2.05) is 30.3 Å². The fourth-order valence-corrected chi connectivity index (χ4v) is 2.52. The van der Waals surface area contributed by atoms with Crippen molar-refractivity contribution >= 4 is 22.7 Å². The van der Waals surface area contributed by atoms with Crippen LogP contribution in [0.15, 0.2) is 36.4 Å². The van der Waals surface area contributed by atoms with E-state index in [2.05, 4.69) is 4.98 Å². The van der Waals surface area contributed by atoms with E-state index in [0.29, 0.717) is 12.4 Å². The summed E-state index contributed by atoms with van der Waals surface area (Å²) in [7, 11) is 0. The maximum absolute atomic E-state index is 11.2. The van der Waals surface area contributed by atoms with Crippen molar-refractivity contribution in [2.75, 3.05) is 11.4 Å². The Bertz CT molecular complexity index is 629. The maximum atomic E-state index is 11.2. The number of hydrogen-bond donors (Lipinski definition) is 2. The van der Waals surface area contributed by atoms with Gasteiger partial charge in [-0.3, -0.25) is 0 Å². The summed E-state index contributed by atoms with van der Waals surface area (Å²) in [6.07, 6.45) is -0.376. The number of nitrogens with zero attached hydrogens (tertiary/aromatic N) is 2. The molecular formula is C14H14N2O3. The van der Waals surface area contributed by atoms with Crippen molar-refractivity contribution in [2.45, 2.75) is 18.6 Å². The lowest BCUT2D eigenvalue weighted by molar-refractivity contribution is -0.138. The van der Waals surface area contributed by atoms with E-state index in [0.717, 1.165) is 10.9 Å². The van der Waals surface area contributed by atoms with Crippen LogP contribution in [0.25, 0.3) is 10.9 Å². The molecule has 0 radical (unpaired) electrons. The lowest BCUT2D eigenvalue weighted by atomic mass is 10.2. The van der Waals surface area contributed by atoms with E-state index in [4.69, 9.17) is 0 Å². The zero-order valence-corrected chi connectivity index (χ0v) is 10.2. The van der Waals surface area contributed by atoms with Crippen molar-refractivity contribution in [1.82, 2.24) is 4.98 Å². The van der Waals surface area contributed by atoms with E-state index < -0.39 is 18.1 Å². The average molecular weight is 258 g/mol. The molecule has 1 saturated heterocycles. The predicted molar refractivity (Wildman–Crippen MR) is 71.1 cm³/mol. The van der Waals surface area contributed by atoms with Gasteiger partial charge in [0.2, 0.25) is 0 Å². The summed E-state index contributed by atoms with van der Waals surface area (Å²) in [5, 5.41) is 19.9. The number of carbonyl (C=O) groups is 1. The summed E-state index contributed by atoms with van der Waals surface area (Å²) in [4.78, 5) is 17.3. The summed E-state index contributed by atoms with van der Waals surface area (Å²) in [5.74, 6) is -0.325. The zero-order chi connectivity index (χ0) is 13.4. The Balaban J connectivity index is 2.01. The molecule has 2 unspecified atom stereocenters. The normalized spacial score (nSPS) is 22.9. The fourth-order valence-electron chi connectivity index (χ4n) is 2.52. The highest BCUT2D eigenvalue weighted by Crippen LogP contribution is 2.26. The largest absolute Gasteiger partial charge is 0.480 e. The molecule has 0 bridgehead atoms. The first-order chi connectivity index (χ1) is 9.15. The quantitative estimate of drug-likeness (QED) is 0.848. The molecule has 1 aliphatic rings. The number of hydrogen-bond acceptors (Lipinski definition) is 4. The molecule has 0 aliphatic carbocycles. The van der Waals surface area contributed by atoms with Gasteiger partial charge in [-0.25, -0.2) is 9.78 Å². The third-order valence-electron chi connectivity index (χ3n) is 3.44. The van der Waals surface area contributed by atoms with Crippen molar-refractivity contribution in [1.29, 1.82) is 0 Å². The Labute approximate surface area is 110 Å². The molecule has 0 spiro atoms. The van der Waals surface area contributed by atoms with Gasteiger partial charge in [0.25, 0.3) is 0 Å². The Morgan fingerprint density at radius 3 is 2.84 bits per heavy atom. The Morgan fingerprint density at radius 1 is 1.26 bits per heavy atom. The number of aliphatic carboxylic acids is 1. The minimum absolute atomic E-state index is 0.240. The maximum Gasteiger partial charge on any atom is 0.326 e. The number of aliphatic hydroxyl groups excluding tert-OH is 1. The van der Waals surface area contributed by atoms with Crippen LogP contribution in [0.1, 0.15) is 6.42 Å². The van der Waals surface area contributed by atoms with Crippen LogP contribution >= 0.6 is 0 Å². The molecule has 5 heteroatoms. The van der Waals surface area contributed by atoms with E-state index in [9.17, 15) is 15.0 Å². The fraction of sp³-hybridized carbons (Fsp3) is 0.286. The van der Waals surface area contributed by atoms with Gasteiger partial charge < -0.3 is 15.1 Å². The summed E-state index contributed by atoms with van der Waals surface area (Å²) in [6.45, 7) is 0.308. The molecule has 1 aliphatic heterocycles. The summed E-state index contributed by atoms with van der Waals surface area (Å²) >= 11 is 0. The van der Waals surface area contributed by atoms with Gasteiger partial charge in [-0.1, -0.05) is 18.2 Å². The number of para-hydroxylation sites is 1. The van der Waals surface area contributed by atoms with Crippen LogP contribution in [-0.4, -0.2) is 39.9 Å². The molecule has 19 heavy (non-hydrogen) atoms. The van der Waals surface area contributed by atoms with Gasteiger partial charge in [0.15, 0.2) is 0 Å². The van der Waals surface area contributed by atoms with Crippen molar-refractivity contribution in [3.63, 3.8) is 0 Å². The number of aromatic nitrogens is 1. The van der Waals surface area contributed by atoms with Gasteiger partial charge in [0.05, 0.1) is 11.6 Å². The highest BCUT2D eigenvalue weighted by Gasteiger charge is 2.36. The molecule has 2 heterocycles. The van der Waals surface area contributed by atoms with Gasteiger partial charge in [0, 0.05) is 18.4 Å². The lowest BCUT2D eigenvalue weighted by Crippen LogP contribution is -2.36. The van der Waals surface area contributed by atoms with Crippen LogP contribution in [0, 0.1) is 0 Å². The van der Waals surface area contributed by atoms with Crippen molar-refractivity contribution in [2.24, 2.45) is 0 Å². The number of pyridine rings is 1. The van der Waals surface area contributed by atoms with Crippen LogP contribution in [0.3, 0.4) is 0 Å². The van der Waals surface area contributed by atoms with E-state index in [-0.39, 0.29) is 6.42 Å². The van der Waals surface area contributed by atoms with Gasteiger partial charge in [0.1, 0.15) is 11.9 Å². The summed E-state index contributed by atoms with van der Waals surface area (Å²) < 4.78 is 0. The minimum atomic E-state index is -0.925. The smallest absolute Gasteiger partial charge is 0.326 e. The number of anilines is 1. The second kappa shape index (κ2) is 4.51. The van der Waals surface area contributed by atoms with Crippen LogP contribution in [0.2, 0.25) is 0 Å². The topological polar surface area (TPSA) is 73.7 Å². The molecule has 0 amide bonds. The first-order valence-corrected chi connectivity index (χ1v) is 6.18. The predicted octanol–water partition coefficient (Wildman–Crippen LogP) is 1.26. The number of β-amino-alcohol motifs (C(OH)–C–C–N with tert-alkyl or cyclic N) is 1. The standard InChI is InChI=1S/C14H14N2O3/c17-10-7-12(14(18)19)16(8-10)13-6-5-9-3-1-2-4-11(9)15-13/h1-6,10,12,17H,7-8H2,(H,18,19). The molecule has 0 saturated carbocycles. The molecule has 1 fully saturated rings. The molecule has 2 aromatic rings. The number of benzene rings is 1. The zero-order valence-electron chi connectivity index (χ0n) is 10.2. The highest BCUT2D eigenvalue weighted by molar-refractivity contribution is 5.82. The number of aliphatic hydroxyl groups is 1.